The van der Waals surface area contributed by atoms with Gasteiger partial charge in [0.05, 0.1) is 0 Å². The highest BCUT2D eigenvalue weighted by Crippen LogP contribution is 2.22. The molecule has 0 spiro atoms. The fourth-order valence-electron chi connectivity index (χ4n) is 2.28. The lowest BCUT2D eigenvalue weighted by Crippen LogP contribution is -2.33. The molecule has 1 heterocycles. The highest BCUT2D eigenvalue weighted by molar-refractivity contribution is 7.99. The van der Waals surface area contributed by atoms with Gasteiger partial charge in [-0.25, -0.2) is 0 Å². The Hall–Kier alpha value is -0.510. The molecule has 0 amide bonds. The molecule has 1 aliphatic heterocycles. The molecular formula is C15H24N2S. The first-order chi connectivity index (χ1) is 8.74. The molecule has 0 aromatic heterocycles. The maximum absolute atomic E-state index is 3.53. The molecule has 0 saturated carbocycles. The minimum absolute atomic E-state index is 0.655. The van der Waals surface area contributed by atoms with Gasteiger partial charge < -0.3 is 10.6 Å². The molecule has 1 saturated heterocycles. The van der Waals surface area contributed by atoms with E-state index in [1.807, 2.05) is 11.8 Å². The quantitative estimate of drug-likeness (QED) is 0.772. The third kappa shape index (κ3) is 4.63. The first-order valence-corrected chi connectivity index (χ1v) is 7.81. The lowest BCUT2D eigenvalue weighted by Gasteiger charge is -2.12. The number of nitrogens with one attached hydrogen (secondary N) is 2. The van der Waals surface area contributed by atoms with Gasteiger partial charge in [-0.05, 0) is 37.1 Å². The predicted octanol–water partition coefficient (Wildman–Crippen LogP) is 3.03. The Labute approximate surface area is 115 Å². The van der Waals surface area contributed by atoms with Crippen LogP contribution < -0.4 is 10.6 Å². The monoisotopic (exact) mass is 264 g/mol. The van der Waals surface area contributed by atoms with Crippen LogP contribution in [0.4, 0.5) is 0 Å². The van der Waals surface area contributed by atoms with Crippen molar-refractivity contribution in [2.75, 3.05) is 13.1 Å². The summed E-state index contributed by atoms with van der Waals surface area (Å²) in [5.41, 5.74) is 1.38. The SMILES string of the molecule is CC(C)Sc1ccc(CNCC2CCCN2)cc1. The molecule has 1 atom stereocenters. The first-order valence-electron chi connectivity index (χ1n) is 6.94. The summed E-state index contributed by atoms with van der Waals surface area (Å²) in [6.45, 7) is 7.71. The normalized spacial score (nSPS) is 19.6. The van der Waals surface area contributed by atoms with Crippen molar-refractivity contribution in [3.63, 3.8) is 0 Å². The third-order valence-corrected chi connectivity index (χ3v) is 4.19. The molecule has 1 fully saturated rings. The fraction of sp³-hybridized carbons (Fsp3) is 0.600. The predicted molar refractivity (Wildman–Crippen MR) is 80.2 cm³/mol. The van der Waals surface area contributed by atoms with Crippen LogP contribution in [0.25, 0.3) is 0 Å². The van der Waals surface area contributed by atoms with Crippen molar-refractivity contribution < 1.29 is 0 Å². The van der Waals surface area contributed by atoms with E-state index in [0.717, 1.165) is 13.1 Å². The minimum Gasteiger partial charge on any atom is -0.313 e. The van der Waals surface area contributed by atoms with Crippen LogP contribution >= 0.6 is 11.8 Å². The Balaban J connectivity index is 1.72. The Morgan fingerprint density at radius 1 is 1.33 bits per heavy atom. The summed E-state index contributed by atoms with van der Waals surface area (Å²) in [4.78, 5) is 1.37. The lowest BCUT2D eigenvalue weighted by molar-refractivity contribution is 0.535. The van der Waals surface area contributed by atoms with Gasteiger partial charge in [0.15, 0.2) is 0 Å². The molecule has 0 aliphatic carbocycles. The molecular weight excluding hydrogens is 240 g/mol. The van der Waals surface area contributed by atoms with Crippen LogP contribution in [0.5, 0.6) is 0 Å². The van der Waals surface area contributed by atoms with Gasteiger partial charge in [0.25, 0.3) is 0 Å². The van der Waals surface area contributed by atoms with E-state index in [-0.39, 0.29) is 0 Å². The summed E-state index contributed by atoms with van der Waals surface area (Å²) < 4.78 is 0. The Bertz CT molecular complexity index is 342. The van der Waals surface area contributed by atoms with E-state index in [4.69, 9.17) is 0 Å². The smallest absolute Gasteiger partial charge is 0.0206 e. The van der Waals surface area contributed by atoms with Gasteiger partial charge in [-0.3, -0.25) is 0 Å². The summed E-state index contributed by atoms with van der Waals surface area (Å²) in [5, 5.41) is 7.70. The number of hydrogen-bond acceptors (Lipinski definition) is 3. The Kier molecular flexibility index (Phi) is 5.54. The van der Waals surface area contributed by atoms with Gasteiger partial charge in [0, 0.05) is 29.3 Å². The average molecular weight is 264 g/mol. The second-order valence-electron chi connectivity index (χ2n) is 5.23. The van der Waals surface area contributed by atoms with E-state index < -0.39 is 0 Å². The van der Waals surface area contributed by atoms with Crippen molar-refractivity contribution in [1.29, 1.82) is 0 Å². The highest BCUT2D eigenvalue weighted by atomic mass is 32.2. The topological polar surface area (TPSA) is 24.1 Å². The highest BCUT2D eigenvalue weighted by Gasteiger charge is 2.12. The summed E-state index contributed by atoms with van der Waals surface area (Å²) in [6, 6.07) is 9.62. The van der Waals surface area contributed by atoms with E-state index in [1.165, 1.54) is 29.8 Å². The maximum atomic E-state index is 3.53. The van der Waals surface area contributed by atoms with Crippen molar-refractivity contribution in [3.05, 3.63) is 29.8 Å². The summed E-state index contributed by atoms with van der Waals surface area (Å²) >= 11 is 1.92. The Morgan fingerprint density at radius 2 is 2.11 bits per heavy atom. The first kappa shape index (κ1) is 13.9. The van der Waals surface area contributed by atoms with E-state index >= 15 is 0 Å². The largest absolute Gasteiger partial charge is 0.313 e. The number of rotatable bonds is 6. The molecule has 2 nitrogen and oxygen atoms in total. The van der Waals surface area contributed by atoms with Gasteiger partial charge >= 0.3 is 0 Å². The van der Waals surface area contributed by atoms with Crippen LogP contribution in [0.1, 0.15) is 32.3 Å². The summed E-state index contributed by atoms with van der Waals surface area (Å²) in [5.74, 6) is 0. The van der Waals surface area contributed by atoms with E-state index in [9.17, 15) is 0 Å². The van der Waals surface area contributed by atoms with Crippen LogP contribution in [-0.4, -0.2) is 24.4 Å². The fourth-order valence-corrected chi connectivity index (χ4v) is 3.12. The van der Waals surface area contributed by atoms with Gasteiger partial charge in [-0.1, -0.05) is 26.0 Å². The second kappa shape index (κ2) is 7.17. The van der Waals surface area contributed by atoms with Gasteiger partial charge in [-0.2, -0.15) is 0 Å². The average Bonchev–Trinajstić information content (AvgIpc) is 2.84. The standard InChI is InChI=1S/C15H24N2S/c1-12(2)18-15-7-5-13(6-8-15)10-16-11-14-4-3-9-17-14/h5-8,12,14,16-17H,3-4,9-11H2,1-2H3. The van der Waals surface area contributed by atoms with Crippen molar-refractivity contribution >= 4 is 11.8 Å². The van der Waals surface area contributed by atoms with Crippen molar-refractivity contribution in [2.24, 2.45) is 0 Å². The van der Waals surface area contributed by atoms with Crippen LogP contribution in [0, 0.1) is 0 Å². The van der Waals surface area contributed by atoms with Gasteiger partial charge in [-0.15, -0.1) is 11.8 Å². The van der Waals surface area contributed by atoms with Crippen LogP contribution in [-0.2, 0) is 6.54 Å². The molecule has 1 aromatic carbocycles. The molecule has 1 aliphatic rings. The van der Waals surface area contributed by atoms with E-state index in [1.54, 1.807) is 0 Å². The van der Waals surface area contributed by atoms with Crippen molar-refractivity contribution in [1.82, 2.24) is 10.6 Å². The van der Waals surface area contributed by atoms with Gasteiger partial charge in [0.1, 0.15) is 0 Å². The molecule has 1 unspecified atom stereocenters. The zero-order valence-electron chi connectivity index (χ0n) is 11.4. The molecule has 3 heteroatoms. The van der Waals surface area contributed by atoms with Crippen molar-refractivity contribution in [3.8, 4) is 0 Å². The summed E-state index contributed by atoms with van der Waals surface area (Å²) in [6.07, 6.45) is 2.64. The maximum Gasteiger partial charge on any atom is 0.0206 e. The van der Waals surface area contributed by atoms with E-state index in [0.29, 0.717) is 11.3 Å². The zero-order chi connectivity index (χ0) is 12.8. The van der Waals surface area contributed by atoms with E-state index in [2.05, 4.69) is 48.7 Å². The molecule has 18 heavy (non-hydrogen) atoms. The van der Waals surface area contributed by atoms with Crippen molar-refractivity contribution in [2.45, 2.75) is 49.4 Å². The number of thioether (sulfide) groups is 1. The second-order valence-corrected chi connectivity index (χ2v) is 6.88. The molecule has 0 bridgehead atoms. The lowest BCUT2D eigenvalue weighted by atomic mass is 10.2. The molecule has 1 aromatic rings. The molecule has 2 N–H and O–H groups in total. The molecule has 0 radical (unpaired) electrons. The minimum atomic E-state index is 0.655. The van der Waals surface area contributed by atoms with Crippen LogP contribution in [0.15, 0.2) is 29.2 Å². The molecule has 100 valence electrons. The summed E-state index contributed by atoms with van der Waals surface area (Å²) in [7, 11) is 0. The molecule has 2 rings (SSSR count). The van der Waals surface area contributed by atoms with Crippen LogP contribution in [0.3, 0.4) is 0 Å². The number of hydrogen-bond donors (Lipinski definition) is 2. The Morgan fingerprint density at radius 3 is 2.72 bits per heavy atom. The third-order valence-electron chi connectivity index (χ3n) is 3.18. The van der Waals surface area contributed by atoms with Gasteiger partial charge in [0.2, 0.25) is 0 Å². The number of benzene rings is 1. The van der Waals surface area contributed by atoms with Crippen LogP contribution in [0.2, 0.25) is 0 Å². The zero-order valence-corrected chi connectivity index (χ0v) is 12.2.